The molecule has 4 rings (SSSR count). The molecule has 1 saturated heterocycles. The van der Waals surface area contributed by atoms with Gasteiger partial charge in [0.15, 0.2) is 5.13 Å². The van der Waals surface area contributed by atoms with Crippen molar-refractivity contribution >= 4 is 22.5 Å². The van der Waals surface area contributed by atoms with Crippen LogP contribution in [0.15, 0.2) is 29.6 Å². The molecule has 2 aromatic rings. The number of thiazole rings is 1. The summed E-state index contributed by atoms with van der Waals surface area (Å²) in [7, 11) is 0. The predicted octanol–water partition coefficient (Wildman–Crippen LogP) is 1.72. The Balaban J connectivity index is 1.25. The number of nitrogens with two attached hydrogens (primary N) is 1. The number of urea groups is 1. The monoisotopic (exact) mass is 357 g/mol. The van der Waals surface area contributed by atoms with Gasteiger partial charge in [-0.05, 0) is 24.0 Å². The molecule has 1 fully saturated rings. The van der Waals surface area contributed by atoms with E-state index in [1.165, 1.54) is 22.5 Å². The summed E-state index contributed by atoms with van der Waals surface area (Å²) in [5.74, 6) is 0. The summed E-state index contributed by atoms with van der Waals surface area (Å²) >= 11 is 1.40. The minimum absolute atomic E-state index is 0.0130. The highest BCUT2D eigenvalue weighted by atomic mass is 32.1. The minimum Gasteiger partial charge on any atom is -0.375 e. The fourth-order valence-electron chi connectivity index (χ4n) is 3.77. The summed E-state index contributed by atoms with van der Waals surface area (Å²) in [5.41, 5.74) is 9.39. The van der Waals surface area contributed by atoms with Gasteiger partial charge >= 0.3 is 6.03 Å². The van der Waals surface area contributed by atoms with Crippen LogP contribution in [0.3, 0.4) is 0 Å². The van der Waals surface area contributed by atoms with Crippen molar-refractivity contribution in [3.63, 3.8) is 0 Å². The van der Waals surface area contributed by atoms with Crippen molar-refractivity contribution in [3.8, 4) is 0 Å². The third-order valence-electron chi connectivity index (χ3n) is 5.14. The van der Waals surface area contributed by atoms with Crippen molar-refractivity contribution in [1.29, 1.82) is 0 Å². The molecule has 1 aliphatic heterocycles. The molecule has 1 aliphatic carbocycles. The lowest BCUT2D eigenvalue weighted by atomic mass is 10.1. The van der Waals surface area contributed by atoms with Crippen LogP contribution in [0.4, 0.5) is 9.93 Å². The molecule has 1 aromatic carbocycles. The van der Waals surface area contributed by atoms with E-state index in [1.54, 1.807) is 0 Å². The van der Waals surface area contributed by atoms with Crippen LogP contribution >= 0.6 is 11.3 Å². The number of fused-ring (bicyclic) bond motifs is 1. The Bertz CT molecular complexity index is 728. The first-order chi connectivity index (χ1) is 12.2. The highest BCUT2D eigenvalue weighted by Crippen LogP contribution is 2.26. The van der Waals surface area contributed by atoms with E-state index in [0.29, 0.717) is 17.7 Å². The van der Waals surface area contributed by atoms with E-state index >= 15 is 0 Å². The molecule has 0 saturated carbocycles. The van der Waals surface area contributed by atoms with Gasteiger partial charge in [-0.2, -0.15) is 0 Å². The first kappa shape index (κ1) is 16.4. The molecule has 1 aromatic heterocycles. The van der Waals surface area contributed by atoms with Gasteiger partial charge in [0.05, 0.1) is 12.2 Å². The molecule has 2 amide bonds. The van der Waals surface area contributed by atoms with E-state index in [2.05, 4.69) is 39.5 Å². The van der Waals surface area contributed by atoms with Gasteiger partial charge in [0.25, 0.3) is 0 Å². The van der Waals surface area contributed by atoms with Crippen LogP contribution < -0.4 is 11.1 Å². The predicted molar refractivity (Wildman–Crippen MR) is 99.5 cm³/mol. The van der Waals surface area contributed by atoms with Crippen LogP contribution in [0, 0.1) is 0 Å². The lowest BCUT2D eigenvalue weighted by molar-refractivity contribution is 0.110. The third kappa shape index (κ3) is 3.62. The molecule has 7 heteroatoms. The van der Waals surface area contributed by atoms with Crippen molar-refractivity contribution in [2.45, 2.75) is 25.4 Å². The fourth-order valence-corrected chi connectivity index (χ4v) is 4.33. The van der Waals surface area contributed by atoms with Gasteiger partial charge in [-0.25, -0.2) is 9.78 Å². The molecule has 6 nitrogen and oxygen atoms in total. The second kappa shape index (κ2) is 7.01. The maximum absolute atomic E-state index is 12.3. The van der Waals surface area contributed by atoms with Crippen molar-refractivity contribution in [3.05, 3.63) is 46.5 Å². The molecule has 3 N–H and O–H groups in total. The SMILES string of the molecule is Nc1nc(CNC(=O)N2CCN(C3Cc4ccccc4C3)CC2)cs1. The Labute approximate surface area is 151 Å². The zero-order valence-corrected chi connectivity index (χ0v) is 15.0. The summed E-state index contributed by atoms with van der Waals surface area (Å²) in [6.45, 7) is 3.87. The van der Waals surface area contributed by atoms with Gasteiger partial charge in [-0.15, -0.1) is 11.3 Å². The second-order valence-electron chi connectivity index (χ2n) is 6.69. The number of aromatic nitrogens is 1. The number of nitrogens with one attached hydrogen (secondary N) is 1. The van der Waals surface area contributed by atoms with E-state index in [4.69, 9.17) is 5.73 Å². The Morgan fingerprint density at radius 1 is 1.20 bits per heavy atom. The molecule has 0 atom stereocenters. The number of amides is 2. The molecular weight excluding hydrogens is 334 g/mol. The zero-order chi connectivity index (χ0) is 17.2. The van der Waals surface area contributed by atoms with Gasteiger partial charge in [-0.3, -0.25) is 4.90 Å². The molecule has 2 heterocycles. The Morgan fingerprint density at radius 2 is 1.88 bits per heavy atom. The van der Waals surface area contributed by atoms with Gasteiger partial charge in [0.2, 0.25) is 0 Å². The number of carbonyl (C=O) groups is 1. The van der Waals surface area contributed by atoms with Crippen molar-refractivity contribution in [2.24, 2.45) is 0 Å². The number of nitrogens with zero attached hydrogens (tertiary/aromatic N) is 3. The first-order valence-electron chi connectivity index (χ1n) is 8.72. The van der Waals surface area contributed by atoms with Crippen LogP contribution in [-0.4, -0.2) is 53.0 Å². The fraction of sp³-hybridized carbons (Fsp3) is 0.444. The summed E-state index contributed by atoms with van der Waals surface area (Å²) < 4.78 is 0. The number of hydrogen-bond acceptors (Lipinski definition) is 5. The normalized spacial score (nSPS) is 18.3. The number of hydrogen-bond donors (Lipinski definition) is 2. The molecule has 25 heavy (non-hydrogen) atoms. The maximum Gasteiger partial charge on any atom is 0.317 e. The average Bonchev–Trinajstić information content (AvgIpc) is 3.25. The Morgan fingerprint density at radius 3 is 2.48 bits per heavy atom. The van der Waals surface area contributed by atoms with Crippen molar-refractivity contribution in [1.82, 2.24) is 20.1 Å². The number of piperazine rings is 1. The molecule has 132 valence electrons. The summed E-state index contributed by atoms with van der Waals surface area (Å²) in [4.78, 5) is 20.9. The second-order valence-corrected chi connectivity index (χ2v) is 7.58. The minimum atomic E-state index is -0.0130. The lowest BCUT2D eigenvalue weighted by Gasteiger charge is -2.38. The lowest BCUT2D eigenvalue weighted by Crippen LogP contribution is -2.54. The third-order valence-corrected chi connectivity index (χ3v) is 5.86. The van der Waals surface area contributed by atoms with Gasteiger partial charge in [0.1, 0.15) is 0 Å². The average molecular weight is 357 g/mol. The van der Waals surface area contributed by atoms with E-state index in [9.17, 15) is 4.79 Å². The van der Waals surface area contributed by atoms with Crippen molar-refractivity contribution in [2.75, 3.05) is 31.9 Å². The number of rotatable bonds is 3. The van der Waals surface area contributed by atoms with E-state index in [0.717, 1.165) is 44.7 Å². The van der Waals surface area contributed by atoms with E-state index in [-0.39, 0.29) is 6.03 Å². The molecule has 0 bridgehead atoms. The molecule has 0 spiro atoms. The Hall–Kier alpha value is -2.12. The highest BCUT2D eigenvalue weighted by molar-refractivity contribution is 7.13. The quantitative estimate of drug-likeness (QED) is 0.877. The summed E-state index contributed by atoms with van der Waals surface area (Å²) in [6.07, 6.45) is 2.27. The number of benzene rings is 1. The smallest absolute Gasteiger partial charge is 0.317 e. The van der Waals surface area contributed by atoms with Crippen LogP contribution in [0.1, 0.15) is 16.8 Å². The highest BCUT2D eigenvalue weighted by Gasteiger charge is 2.30. The topological polar surface area (TPSA) is 74.5 Å². The number of anilines is 1. The van der Waals surface area contributed by atoms with Gasteiger partial charge in [-0.1, -0.05) is 24.3 Å². The standard InChI is InChI=1S/C18H23N5OS/c19-17-21-15(12-25-17)11-20-18(24)23-7-5-22(6-8-23)16-9-13-3-1-2-4-14(13)10-16/h1-4,12,16H,5-11H2,(H2,19,21)(H,20,24). The van der Waals surface area contributed by atoms with Crippen LogP contribution in [-0.2, 0) is 19.4 Å². The van der Waals surface area contributed by atoms with Crippen LogP contribution in [0.2, 0.25) is 0 Å². The summed E-state index contributed by atoms with van der Waals surface area (Å²) in [6, 6.07) is 9.30. The molecular formula is C18H23N5OS. The van der Waals surface area contributed by atoms with Crippen LogP contribution in [0.5, 0.6) is 0 Å². The van der Waals surface area contributed by atoms with Crippen LogP contribution in [0.25, 0.3) is 0 Å². The zero-order valence-electron chi connectivity index (χ0n) is 14.1. The molecule has 0 radical (unpaired) electrons. The van der Waals surface area contributed by atoms with Crippen molar-refractivity contribution < 1.29 is 4.79 Å². The maximum atomic E-state index is 12.3. The van der Waals surface area contributed by atoms with Gasteiger partial charge < -0.3 is 16.0 Å². The van der Waals surface area contributed by atoms with E-state index in [1.807, 2.05) is 10.3 Å². The largest absolute Gasteiger partial charge is 0.375 e. The van der Waals surface area contributed by atoms with Gasteiger partial charge in [0, 0.05) is 37.6 Å². The first-order valence-corrected chi connectivity index (χ1v) is 9.60. The summed E-state index contributed by atoms with van der Waals surface area (Å²) in [5, 5.41) is 5.36. The molecule has 0 unspecified atom stereocenters. The number of nitrogen functional groups attached to an aromatic ring is 1. The number of carbonyl (C=O) groups excluding carboxylic acids is 1. The molecule has 2 aliphatic rings. The Kier molecular flexibility index (Phi) is 4.59. The van der Waals surface area contributed by atoms with E-state index < -0.39 is 0 Å².